The minimum Gasteiger partial charge on any atom is -0.441 e. The number of rotatable bonds is 5. The number of aryl methyl sites for hydroxylation is 1. The van der Waals surface area contributed by atoms with Crippen molar-refractivity contribution in [2.45, 2.75) is 38.1 Å². The van der Waals surface area contributed by atoms with Crippen LogP contribution in [0.4, 0.5) is 11.6 Å². The number of anilines is 2. The fourth-order valence-corrected chi connectivity index (χ4v) is 5.18. The van der Waals surface area contributed by atoms with Gasteiger partial charge in [0.05, 0.1) is 22.3 Å². The Labute approximate surface area is 196 Å². The van der Waals surface area contributed by atoms with Gasteiger partial charge >= 0.3 is 0 Å². The Morgan fingerprint density at radius 2 is 1.85 bits per heavy atom. The predicted octanol–water partition coefficient (Wildman–Crippen LogP) is 4.67. The molecule has 0 unspecified atom stereocenters. The Morgan fingerprint density at radius 3 is 2.65 bits per heavy atom. The fraction of sp³-hybridized carbons (Fsp3) is 0.208. The number of hydrogen-bond acceptors (Lipinski definition) is 7. The molecule has 0 bridgehead atoms. The van der Waals surface area contributed by atoms with Crippen LogP contribution in [0, 0.1) is 6.92 Å². The smallest absolute Gasteiger partial charge is 0.245 e. The maximum atomic E-state index is 12.8. The average molecular weight is 477 g/mol. The van der Waals surface area contributed by atoms with Gasteiger partial charge in [-0.3, -0.25) is 0 Å². The summed E-state index contributed by atoms with van der Waals surface area (Å²) < 4.78 is 35.6. The van der Waals surface area contributed by atoms with Crippen molar-refractivity contribution in [2.24, 2.45) is 0 Å². The summed E-state index contributed by atoms with van der Waals surface area (Å²) in [6.45, 7) is 7.23. The largest absolute Gasteiger partial charge is 0.441 e. The van der Waals surface area contributed by atoms with Crippen molar-refractivity contribution in [3.05, 3.63) is 66.7 Å². The van der Waals surface area contributed by atoms with Crippen molar-refractivity contribution < 1.29 is 12.8 Å². The highest BCUT2D eigenvalue weighted by atomic mass is 32.2. The van der Waals surface area contributed by atoms with Crippen molar-refractivity contribution in [1.29, 1.82) is 0 Å². The fourth-order valence-electron chi connectivity index (χ4n) is 3.71. The first-order chi connectivity index (χ1) is 16.1. The maximum Gasteiger partial charge on any atom is 0.245 e. The number of nitrogens with one attached hydrogen (secondary N) is 2. The van der Waals surface area contributed by atoms with Crippen molar-refractivity contribution >= 4 is 38.3 Å². The lowest BCUT2D eigenvalue weighted by atomic mass is 10.1. The first-order valence-electron chi connectivity index (χ1n) is 10.7. The summed E-state index contributed by atoms with van der Waals surface area (Å²) in [5.41, 5.74) is 3.89. The van der Waals surface area contributed by atoms with Gasteiger partial charge in [0.2, 0.25) is 16.0 Å². The van der Waals surface area contributed by atoms with E-state index in [4.69, 9.17) is 4.42 Å². The maximum absolute atomic E-state index is 12.8. The van der Waals surface area contributed by atoms with Gasteiger partial charge < -0.3 is 9.73 Å². The van der Waals surface area contributed by atoms with E-state index in [1.807, 2.05) is 57.2 Å². The third-order valence-electron chi connectivity index (χ3n) is 5.03. The molecule has 0 saturated heterocycles. The van der Waals surface area contributed by atoms with Crippen LogP contribution in [0.3, 0.4) is 0 Å². The van der Waals surface area contributed by atoms with Gasteiger partial charge in [0.15, 0.2) is 11.5 Å². The summed E-state index contributed by atoms with van der Waals surface area (Å²) >= 11 is 0. The highest BCUT2D eigenvalue weighted by molar-refractivity contribution is 7.89. The Morgan fingerprint density at radius 1 is 1.03 bits per heavy atom. The molecule has 3 aromatic heterocycles. The number of nitrogens with zero attached hydrogens (tertiary/aromatic N) is 4. The van der Waals surface area contributed by atoms with Crippen molar-refractivity contribution in [2.75, 3.05) is 5.32 Å². The SMILES string of the molecule is Cc1nc2cc(Nc3ncc4ccc(-c5cccc(S(=O)(=O)NC(C)(C)C)c5)n4n3)ccc2o1. The number of aromatic nitrogens is 4. The van der Waals surface area contributed by atoms with Crippen LogP contribution in [-0.4, -0.2) is 33.5 Å². The zero-order valence-corrected chi connectivity index (χ0v) is 20.0. The molecule has 5 aromatic rings. The van der Waals surface area contributed by atoms with Gasteiger partial charge in [0.25, 0.3) is 0 Å². The zero-order chi connectivity index (χ0) is 24.1. The second-order valence-electron chi connectivity index (χ2n) is 9.06. The third-order valence-corrected chi connectivity index (χ3v) is 6.79. The first kappa shape index (κ1) is 22.1. The van der Waals surface area contributed by atoms with E-state index in [2.05, 4.69) is 25.1 Å². The van der Waals surface area contributed by atoms with E-state index in [0.717, 1.165) is 28.0 Å². The molecule has 0 radical (unpaired) electrons. The molecule has 34 heavy (non-hydrogen) atoms. The van der Waals surface area contributed by atoms with Gasteiger partial charge in [-0.2, -0.15) is 0 Å². The van der Waals surface area contributed by atoms with Crippen molar-refractivity contribution in [1.82, 2.24) is 24.3 Å². The number of sulfonamides is 1. The average Bonchev–Trinajstić information content (AvgIpc) is 3.34. The molecule has 0 saturated carbocycles. The van der Waals surface area contributed by atoms with Gasteiger partial charge in [-0.1, -0.05) is 12.1 Å². The number of hydrogen-bond donors (Lipinski definition) is 2. The molecule has 0 aliphatic carbocycles. The van der Waals surface area contributed by atoms with Crippen molar-refractivity contribution in [3.63, 3.8) is 0 Å². The van der Waals surface area contributed by atoms with Crippen LogP contribution >= 0.6 is 0 Å². The second kappa shape index (κ2) is 7.93. The number of benzene rings is 2. The van der Waals surface area contributed by atoms with Crippen LogP contribution in [-0.2, 0) is 10.0 Å². The van der Waals surface area contributed by atoms with E-state index in [0.29, 0.717) is 17.4 Å². The molecule has 0 aliphatic heterocycles. The van der Waals surface area contributed by atoms with Crippen molar-refractivity contribution in [3.8, 4) is 11.3 Å². The van der Waals surface area contributed by atoms with Gasteiger partial charge in [0, 0.05) is 23.7 Å². The molecule has 0 aliphatic rings. The summed E-state index contributed by atoms with van der Waals surface area (Å²) in [5.74, 6) is 0.992. The van der Waals surface area contributed by atoms with E-state index in [1.165, 1.54) is 0 Å². The lowest BCUT2D eigenvalue weighted by Crippen LogP contribution is -2.40. The first-order valence-corrected chi connectivity index (χ1v) is 12.2. The summed E-state index contributed by atoms with van der Waals surface area (Å²) in [6.07, 6.45) is 1.71. The monoisotopic (exact) mass is 476 g/mol. The molecular weight excluding hydrogens is 452 g/mol. The molecule has 2 aromatic carbocycles. The van der Waals surface area contributed by atoms with E-state index >= 15 is 0 Å². The third kappa shape index (κ3) is 4.37. The molecular formula is C24H24N6O3S. The summed E-state index contributed by atoms with van der Waals surface area (Å²) in [4.78, 5) is 8.95. The van der Waals surface area contributed by atoms with Crippen LogP contribution < -0.4 is 10.0 Å². The van der Waals surface area contributed by atoms with Crippen LogP contribution in [0.5, 0.6) is 0 Å². The molecule has 0 atom stereocenters. The number of fused-ring (bicyclic) bond motifs is 2. The quantitative estimate of drug-likeness (QED) is 0.379. The van der Waals surface area contributed by atoms with Crippen LogP contribution in [0.25, 0.3) is 27.9 Å². The predicted molar refractivity (Wildman–Crippen MR) is 131 cm³/mol. The Kier molecular flexibility index (Phi) is 5.14. The molecule has 0 amide bonds. The minimum absolute atomic E-state index is 0.193. The van der Waals surface area contributed by atoms with Gasteiger partial charge in [0.1, 0.15) is 5.52 Å². The molecule has 0 fully saturated rings. The summed E-state index contributed by atoms with van der Waals surface area (Å²) in [6, 6.07) is 16.2. The molecule has 9 nitrogen and oxygen atoms in total. The van der Waals surface area contributed by atoms with E-state index in [9.17, 15) is 8.42 Å². The van der Waals surface area contributed by atoms with Crippen LogP contribution in [0.1, 0.15) is 26.7 Å². The van der Waals surface area contributed by atoms with E-state index in [1.54, 1.807) is 35.8 Å². The van der Waals surface area contributed by atoms with E-state index < -0.39 is 15.6 Å². The minimum atomic E-state index is -3.67. The number of oxazole rings is 1. The van der Waals surface area contributed by atoms with Crippen LogP contribution in [0.15, 0.2) is 70.1 Å². The normalized spacial score (nSPS) is 12.5. The second-order valence-corrected chi connectivity index (χ2v) is 10.7. The van der Waals surface area contributed by atoms with Gasteiger partial charge in [-0.05, 0) is 63.2 Å². The molecule has 2 N–H and O–H groups in total. The Hall–Kier alpha value is -3.76. The molecule has 0 spiro atoms. The summed E-state index contributed by atoms with van der Waals surface area (Å²) in [5, 5.41) is 7.83. The lowest BCUT2D eigenvalue weighted by molar-refractivity contribution is 0.491. The van der Waals surface area contributed by atoms with Crippen LogP contribution in [0.2, 0.25) is 0 Å². The highest BCUT2D eigenvalue weighted by Crippen LogP contribution is 2.26. The Balaban J connectivity index is 1.50. The molecule has 174 valence electrons. The summed E-state index contributed by atoms with van der Waals surface area (Å²) in [7, 11) is -3.67. The molecule has 10 heteroatoms. The molecule has 3 heterocycles. The molecule has 5 rings (SSSR count). The van der Waals surface area contributed by atoms with E-state index in [-0.39, 0.29) is 4.90 Å². The highest BCUT2D eigenvalue weighted by Gasteiger charge is 2.22. The van der Waals surface area contributed by atoms with Gasteiger partial charge in [-0.15, -0.1) is 5.10 Å². The van der Waals surface area contributed by atoms with Gasteiger partial charge in [-0.25, -0.2) is 27.6 Å². The standard InChI is InChI=1S/C24H24N6O3S/c1-15-26-20-13-17(8-11-22(20)33-15)27-23-25-14-18-9-10-21(30(18)28-23)16-6-5-7-19(12-16)34(31,32)29-24(2,3)4/h5-14,29H,1-4H3,(H,27,28). The lowest BCUT2D eigenvalue weighted by Gasteiger charge is -2.20. The topological polar surface area (TPSA) is 114 Å². The zero-order valence-electron chi connectivity index (χ0n) is 19.2. The Bertz CT molecular complexity index is 1630.